The van der Waals surface area contributed by atoms with Crippen LogP contribution in [0.3, 0.4) is 0 Å². The Morgan fingerprint density at radius 3 is 1.95 bits per heavy atom. The first kappa shape index (κ1) is 18.9. The second-order valence-electron chi connectivity index (χ2n) is 2.71. The van der Waals surface area contributed by atoms with Crippen molar-refractivity contribution in [3.05, 3.63) is 0 Å². The van der Waals surface area contributed by atoms with E-state index in [-0.39, 0.29) is 6.42 Å². The van der Waals surface area contributed by atoms with Crippen LogP contribution in [0.1, 0.15) is 13.3 Å². The van der Waals surface area contributed by atoms with Gasteiger partial charge in [0.1, 0.15) is 0 Å². The summed E-state index contributed by atoms with van der Waals surface area (Å²) in [6.45, 7) is 0.351. The van der Waals surface area contributed by atoms with Crippen LogP contribution in [0, 0.1) is 0 Å². The van der Waals surface area contributed by atoms with Crippen LogP contribution in [0.15, 0.2) is 0 Å². The van der Waals surface area contributed by atoms with Gasteiger partial charge < -0.3 is 24.3 Å². The summed E-state index contributed by atoms with van der Waals surface area (Å²) in [7, 11) is -16.2. The molecule has 0 spiro atoms. The largest absolute Gasteiger partial charge is 0.490 e. The quantitative estimate of drug-likeness (QED) is 0.267. The molecule has 0 aromatic heterocycles. The molecule has 0 fully saturated rings. The lowest BCUT2D eigenvalue weighted by atomic mass is 10.5. The van der Waals surface area contributed by atoms with Gasteiger partial charge in [-0.1, -0.05) is 6.92 Å². The summed E-state index contributed by atoms with van der Waals surface area (Å²) in [6.07, 6.45) is -0.0558. The van der Waals surface area contributed by atoms with E-state index in [4.69, 9.17) is 19.6 Å². The van der Waals surface area contributed by atoms with E-state index in [0.717, 1.165) is 0 Å². The summed E-state index contributed by atoms with van der Waals surface area (Å²) in [5.41, 5.74) is 0. The van der Waals surface area contributed by atoms with Gasteiger partial charge in [-0.15, -0.1) is 0 Å². The van der Waals surface area contributed by atoms with Gasteiger partial charge in [0, 0.05) is 6.42 Å². The number of carbonyl (C=O) groups is 1. The van der Waals surface area contributed by atoms with Crippen molar-refractivity contribution in [3.63, 3.8) is 0 Å². The Balaban J connectivity index is 4.43. The van der Waals surface area contributed by atoms with Gasteiger partial charge in [-0.05, 0) is 0 Å². The lowest BCUT2D eigenvalue weighted by molar-refractivity contribution is -0.150. The first-order valence-electron chi connectivity index (χ1n) is 4.31. The molecule has 0 aliphatic rings. The number of phosphoric ester groups is 1. The Morgan fingerprint density at radius 1 is 1.00 bits per heavy atom. The third-order valence-electron chi connectivity index (χ3n) is 1.14. The van der Waals surface area contributed by atoms with Crippen molar-refractivity contribution in [1.29, 1.82) is 0 Å². The van der Waals surface area contributed by atoms with Crippen molar-refractivity contribution in [2.75, 3.05) is 6.79 Å². The molecule has 0 rings (SSSR count). The molecule has 0 aromatic rings. The van der Waals surface area contributed by atoms with Gasteiger partial charge in [-0.2, -0.15) is 8.62 Å². The molecule has 0 saturated carbocycles. The number of ether oxygens (including phenoxy) is 1. The van der Waals surface area contributed by atoms with E-state index in [9.17, 15) is 18.5 Å². The summed E-state index contributed by atoms with van der Waals surface area (Å²) in [4.78, 5) is 44.7. The maximum absolute atomic E-state index is 11.0. The number of phosphoric acid groups is 3. The van der Waals surface area contributed by atoms with Crippen LogP contribution in [-0.4, -0.2) is 32.3 Å². The topological polar surface area (TPSA) is 186 Å². The maximum atomic E-state index is 11.0. The molecule has 114 valence electrons. The Hall–Kier alpha value is -0.120. The van der Waals surface area contributed by atoms with E-state index in [2.05, 4.69) is 17.9 Å². The zero-order chi connectivity index (χ0) is 15.3. The van der Waals surface area contributed by atoms with Gasteiger partial charge in [0.05, 0.1) is 0 Å². The van der Waals surface area contributed by atoms with Gasteiger partial charge in [0.15, 0.2) is 0 Å². The smallest absolute Gasteiger partial charge is 0.438 e. The Kier molecular flexibility index (Phi) is 7.01. The third kappa shape index (κ3) is 10.3. The molecule has 15 heteroatoms. The van der Waals surface area contributed by atoms with Crippen molar-refractivity contribution < 1.29 is 55.9 Å². The highest BCUT2D eigenvalue weighted by Gasteiger charge is 2.40. The molecule has 0 amide bonds. The predicted octanol–water partition coefficient (Wildman–Crippen LogP) is 0.240. The van der Waals surface area contributed by atoms with Gasteiger partial charge in [-0.3, -0.25) is 4.79 Å². The summed E-state index contributed by atoms with van der Waals surface area (Å²) in [5.74, 6) is -0.793. The lowest BCUT2D eigenvalue weighted by Crippen LogP contribution is -2.06. The van der Waals surface area contributed by atoms with Crippen LogP contribution in [0.4, 0.5) is 0 Å². The number of hydrogen-bond acceptors (Lipinski definition) is 8. The van der Waals surface area contributed by atoms with Gasteiger partial charge >= 0.3 is 29.4 Å². The Morgan fingerprint density at radius 2 is 1.53 bits per heavy atom. The molecule has 2 unspecified atom stereocenters. The SMILES string of the molecule is CCC(=O)OCOP(=O)(O)OP(=O)(O)OP(=O)(O)O. The second-order valence-corrected chi connectivity index (χ2v) is 7.13. The summed E-state index contributed by atoms with van der Waals surface area (Å²) in [5, 5.41) is 0. The number of hydrogen-bond donors (Lipinski definition) is 4. The van der Waals surface area contributed by atoms with E-state index in [1.54, 1.807) is 0 Å². The molecule has 2 atom stereocenters. The fourth-order valence-electron chi connectivity index (χ4n) is 0.564. The number of esters is 1. The minimum absolute atomic E-state index is 0.0558. The molecule has 12 nitrogen and oxygen atoms in total. The van der Waals surface area contributed by atoms with E-state index < -0.39 is 36.2 Å². The fourth-order valence-corrected chi connectivity index (χ4v) is 3.44. The highest BCUT2D eigenvalue weighted by Crippen LogP contribution is 2.66. The minimum Gasteiger partial charge on any atom is -0.438 e. The number of rotatable bonds is 8. The van der Waals surface area contributed by atoms with Gasteiger partial charge in [-0.25, -0.2) is 18.2 Å². The Labute approximate surface area is 106 Å². The molecule has 19 heavy (non-hydrogen) atoms. The lowest BCUT2D eigenvalue weighted by Gasteiger charge is -2.15. The molecule has 4 N–H and O–H groups in total. The van der Waals surface area contributed by atoms with Gasteiger partial charge in [0.25, 0.3) is 0 Å². The maximum Gasteiger partial charge on any atom is 0.490 e. The molecule has 0 heterocycles. The average molecular weight is 344 g/mol. The molecular formula is C4H11O12P3. The molecular weight excluding hydrogens is 333 g/mol. The zero-order valence-corrected chi connectivity index (χ0v) is 12.0. The second kappa shape index (κ2) is 7.05. The monoisotopic (exact) mass is 344 g/mol. The number of carbonyl (C=O) groups excluding carboxylic acids is 1. The van der Waals surface area contributed by atoms with Gasteiger partial charge in [0.2, 0.25) is 6.79 Å². The van der Waals surface area contributed by atoms with Crippen LogP contribution in [0.2, 0.25) is 0 Å². The summed E-state index contributed by atoms with van der Waals surface area (Å²) < 4.78 is 47.1. The third-order valence-corrected chi connectivity index (χ3v) is 4.90. The standard InChI is InChI=1S/C4H11O12P3/c1-2-4(5)13-3-14-18(9,10)16-19(11,12)15-17(6,7)8/h2-3H2,1H3,(H,9,10)(H,11,12)(H2,6,7,8). The van der Waals surface area contributed by atoms with Crippen LogP contribution in [-0.2, 0) is 36.4 Å². The fraction of sp³-hybridized carbons (Fsp3) is 0.750. The van der Waals surface area contributed by atoms with Crippen molar-refractivity contribution in [2.24, 2.45) is 0 Å². The summed E-state index contributed by atoms with van der Waals surface area (Å²) >= 11 is 0. The molecule has 0 radical (unpaired) electrons. The first-order valence-corrected chi connectivity index (χ1v) is 8.83. The average Bonchev–Trinajstić information content (AvgIpc) is 2.10. The van der Waals surface area contributed by atoms with E-state index in [1.165, 1.54) is 6.92 Å². The zero-order valence-electron chi connectivity index (χ0n) is 9.31. The molecule has 0 aliphatic heterocycles. The summed E-state index contributed by atoms with van der Waals surface area (Å²) in [6, 6.07) is 0. The van der Waals surface area contributed by atoms with Crippen LogP contribution in [0.5, 0.6) is 0 Å². The van der Waals surface area contributed by atoms with E-state index >= 15 is 0 Å². The molecule has 0 saturated heterocycles. The highest BCUT2D eigenvalue weighted by atomic mass is 31.3. The van der Waals surface area contributed by atoms with Crippen molar-refractivity contribution in [3.8, 4) is 0 Å². The van der Waals surface area contributed by atoms with Crippen LogP contribution >= 0.6 is 23.5 Å². The predicted molar refractivity (Wildman–Crippen MR) is 56.2 cm³/mol. The molecule has 0 bridgehead atoms. The first-order chi connectivity index (χ1) is 8.37. The molecule has 0 aromatic carbocycles. The van der Waals surface area contributed by atoms with Crippen LogP contribution in [0.25, 0.3) is 0 Å². The normalized spacial score (nSPS) is 18.4. The highest BCUT2D eigenvalue weighted by molar-refractivity contribution is 7.66. The van der Waals surface area contributed by atoms with Crippen molar-refractivity contribution >= 4 is 29.4 Å². The van der Waals surface area contributed by atoms with Crippen molar-refractivity contribution in [1.82, 2.24) is 0 Å². The minimum atomic E-state index is -5.55. The Bertz CT molecular complexity index is 450. The van der Waals surface area contributed by atoms with E-state index in [0.29, 0.717) is 0 Å². The van der Waals surface area contributed by atoms with Crippen LogP contribution < -0.4 is 0 Å². The molecule has 0 aliphatic carbocycles. The van der Waals surface area contributed by atoms with E-state index in [1.807, 2.05) is 0 Å². The van der Waals surface area contributed by atoms with Crippen molar-refractivity contribution in [2.45, 2.75) is 13.3 Å².